The fourth-order valence-corrected chi connectivity index (χ4v) is 1.16. The smallest absolute Gasteiger partial charge is 0.325 e. The molecule has 2 N–H and O–H groups in total. The topological polar surface area (TPSA) is 95.9 Å². The summed E-state index contributed by atoms with van der Waals surface area (Å²) in [7, 11) is 0. The summed E-state index contributed by atoms with van der Waals surface area (Å²) in [6, 6.07) is -1.86. The average molecular weight is 260 g/mol. The van der Waals surface area contributed by atoms with Gasteiger partial charge in [-0.25, -0.2) is 4.79 Å². The molecule has 0 saturated heterocycles. The van der Waals surface area contributed by atoms with Crippen LogP contribution in [0.15, 0.2) is 0 Å². The third-order valence-electron chi connectivity index (χ3n) is 2.20. The Morgan fingerprint density at radius 1 is 1.28 bits per heavy atom. The molecule has 7 nitrogen and oxygen atoms in total. The van der Waals surface area contributed by atoms with E-state index in [1.165, 1.54) is 11.8 Å². The number of carbonyl (C=O) groups excluding carboxylic acids is 2. The van der Waals surface area contributed by atoms with Crippen LogP contribution in [0.3, 0.4) is 0 Å². The van der Waals surface area contributed by atoms with E-state index in [0.29, 0.717) is 0 Å². The molecule has 0 unspecified atom stereocenters. The number of aliphatic carboxylic acids is 1. The predicted octanol–water partition coefficient (Wildman–Crippen LogP) is 0.443. The maximum atomic E-state index is 11.8. The van der Waals surface area contributed by atoms with Gasteiger partial charge in [-0.05, 0) is 27.7 Å². The van der Waals surface area contributed by atoms with Crippen molar-refractivity contribution >= 4 is 18.0 Å². The van der Waals surface area contributed by atoms with E-state index in [0.717, 1.165) is 0 Å². The molecule has 0 saturated carbocycles. The van der Waals surface area contributed by atoms with Crippen molar-refractivity contribution in [2.75, 3.05) is 13.2 Å². The van der Waals surface area contributed by atoms with Crippen molar-refractivity contribution in [1.29, 1.82) is 0 Å². The largest absolute Gasteiger partial charge is 0.480 e. The van der Waals surface area contributed by atoms with Gasteiger partial charge in [0.25, 0.3) is 0 Å². The van der Waals surface area contributed by atoms with E-state index in [1.54, 1.807) is 20.8 Å². The van der Waals surface area contributed by atoms with E-state index in [4.69, 9.17) is 9.84 Å². The third kappa shape index (κ3) is 5.51. The first-order valence-electron chi connectivity index (χ1n) is 5.75. The first-order chi connectivity index (χ1) is 8.29. The van der Waals surface area contributed by atoms with E-state index in [9.17, 15) is 14.4 Å². The predicted molar refractivity (Wildman–Crippen MR) is 64.1 cm³/mol. The van der Waals surface area contributed by atoms with Crippen LogP contribution in [0, 0.1) is 0 Å². The normalized spacial score (nSPS) is 11.8. The number of carboxylic acids is 1. The zero-order chi connectivity index (χ0) is 14.3. The van der Waals surface area contributed by atoms with Gasteiger partial charge in [0.15, 0.2) is 0 Å². The summed E-state index contributed by atoms with van der Waals surface area (Å²) in [5.41, 5.74) is 0. The molecule has 104 valence electrons. The van der Waals surface area contributed by atoms with Crippen LogP contribution in [0.2, 0.25) is 0 Å². The molecule has 0 aromatic carbocycles. The maximum Gasteiger partial charge on any atom is 0.325 e. The highest BCUT2D eigenvalue weighted by atomic mass is 16.5. The van der Waals surface area contributed by atoms with Crippen molar-refractivity contribution in [2.45, 2.75) is 39.8 Å². The molecule has 0 bridgehead atoms. The number of hydrogen-bond acceptors (Lipinski definition) is 4. The second-order valence-corrected chi connectivity index (χ2v) is 4.04. The number of nitrogens with zero attached hydrogens (tertiary/aromatic N) is 1. The van der Waals surface area contributed by atoms with Crippen molar-refractivity contribution in [3.8, 4) is 0 Å². The number of carboxylic acid groups (broad SMARTS) is 1. The molecule has 0 aliphatic carbocycles. The summed E-state index contributed by atoms with van der Waals surface area (Å²) < 4.78 is 4.75. The standard InChI is InChI=1S/C11H20N2O5/c1-5-18-9(14)6-13(7(2)3)11(17)12-8(4)10(15)16/h7-8H,5-6H2,1-4H3,(H,12,17)(H,15,16)/t8-/m1/s1. The van der Waals surface area contributed by atoms with Crippen LogP contribution in [-0.4, -0.2) is 53.2 Å². The van der Waals surface area contributed by atoms with Crippen molar-refractivity contribution < 1.29 is 24.2 Å². The first-order valence-corrected chi connectivity index (χ1v) is 5.75. The number of urea groups is 1. The van der Waals surface area contributed by atoms with Crippen molar-refractivity contribution in [1.82, 2.24) is 10.2 Å². The van der Waals surface area contributed by atoms with E-state index in [1.807, 2.05) is 0 Å². The Morgan fingerprint density at radius 2 is 1.83 bits per heavy atom. The number of amides is 2. The van der Waals surface area contributed by atoms with Gasteiger partial charge in [-0.1, -0.05) is 0 Å². The lowest BCUT2D eigenvalue weighted by Gasteiger charge is -2.26. The van der Waals surface area contributed by atoms with Crippen LogP contribution in [0.1, 0.15) is 27.7 Å². The summed E-state index contributed by atoms with van der Waals surface area (Å²) in [5, 5.41) is 11.0. The van der Waals surface area contributed by atoms with E-state index >= 15 is 0 Å². The minimum atomic E-state index is -1.14. The molecular weight excluding hydrogens is 240 g/mol. The monoisotopic (exact) mass is 260 g/mol. The van der Waals surface area contributed by atoms with Gasteiger partial charge in [-0.15, -0.1) is 0 Å². The molecule has 0 rings (SSSR count). The highest BCUT2D eigenvalue weighted by Crippen LogP contribution is 2.00. The summed E-state index contributed by atoms with van der Waals surface area (Å²) in [5.74, 6) is -1.66. The molecule has 0 radical (unpaired) electrons. The number of rotatable bonds is 6. The van der Waals surface area contributed by atoms with Gasteiger partial charge in [-0.2, -0.15) is 0 Å². The molecule has 0 aliphatic heterocycles. The lowest BCUT2D eigenvalue weighted by molar-refractivity contribution is -0.144. The molecule has 0 aliphatic rings. The van der Waals surface area contributed by atoms with Crippen LogP contribution < -0.4 is 5.32 Å². The summed E-state index contributed by atoms with van der Waals surface area (Å²) in [6.45, 7) is 6.50. The Morgan fingerprint density at radius 3 is 2.22 bits per heavy atom. The minimum absolute atomic E-state index is 0.205. The van der Waals surface area contributed by atoms with Gasteiger partial charge in [0, 0.05) is 6.04 Å². The fourth-order valence-electron chi connectivity index (χ4n) is 1.16. The number of hydrogen-bond donors (Lipinski definition) is 2. The number of carbonyl (C=O) groups is 3. The van der Waals surface area contributed by atoms with Gasteiger partial charge in [-0.3, -0.25) is 9.59 Å². The highest BCUT2D eigenvalue weighted by Gasteiger charge is 2.23. The minimum Gasteiger partial charge on any atom is -0.480 e. The van der Waals surface area contributed by atoms with Crippen molar-refractivity contribution in [3.05, 3.63) is 0 Å². The molecule has 18 heavy (non-hydrogen) atoms. The second-order valence-electron chi connectivity index (χ2n) is 4.04. The number of nitrogens with one attached hydrogen (secondary N) is 1. The highest BCUT2D eigenvalue weighted by molar-refractivity contribution is 5.85. The van der Waals surface area contributed by atoms with Gasteiger partial charge in [0.1, 0.15) is 12.6 Å². The zero-order valence-corrected chi connectivity index (χ0v) is 11.1. The lowest BCUT2D eigenvalue weighted by atomic mass is 10.3. The van der Waals surface area contributed by atoms with Gasteiger partial charge < -0.3 is 20.1 Å². The third-order valence-corrected chi connectivity index (χ3v) is 2.20. The van der Waals surface area contributed by atoms with Gasteiger partial charge in [0.2, 0.25) is 0 Å². The first kappa shape index (κ1) is 16.2. The van der Waals surface area contributed by atoms with E-state index < -0.39 is 24.0 Å². The molecule has 7 heteroatoms. The van der Waals surface area contributed by atoms with E-state index in [-0.39, 0.29) is 19.2 Å². The van der Waals surface area contributed by atoms with Gasteiger partial charge >= 0.3 is 18.0 Å². The van der Waals surface area contributed by atoms with Crippen LogP contribution >= 0.6 is 0 Å². The quantitative estimate of drug-likeness (QED) is 0.676. The van der Waals surface area contributed by atoms with Gasteiger partial charge in [0.05, 0.1) is 6.61 Å². The fraction of sp³-hybridized carbons (Fsp3) is 0.727. The summed E-state index contributed by atoms with van der Waals surface area (Å²) >= 11 is 0. The SMILES string of the molecule is CCOC(=O)CN(C(=O)N[C@H](C)C(=O)O)C(C)C. The molecule has 0 spiro atoms. The van der Waals surface area contributed by atoms with Crippen LogP contribution in [0.25, 0.3) is 0 Å². The molecule has 0 aromatic rings. The molecule has 0 heterocycles. The Hall–Kier alpha value is -1.79. The number of ether oxygens (including phenoxy) is 1. The lowest BCUT2D eigenvalue weighted by Crippen LogP contribution is -2.50. The molecule has 1 atom stereocenters. The average Bonchev–Trinajstić information content (AvgIpc) is 2.25. The van der Waals surface area contributed by atoms with E-state index in [2.05, 4.69) is 5.32 Å². The number of esters is 1. The van der Waals surface area contributed by atoms with Crippen molar-refractivity contribution in [2.24, 2.45) is 0 Å². The molecular formula is C11H20N2O5. The Kier molecular flexibility index (Phi) is 6.77. The summed E-state index contributed by atoms with van der Waals surface area (Å²) in [6.07, 6.45) is 0. The Bertz CT molecular complexity index is 317. The maximum absolute atomic E-state index is 11.8. The summed E-state index contributed by atoms with van der Waals surface area (Å²) in [4.78, 5) is 35.0. The van der Waals surface area contributed by atoms with Crippen LogP contribution in [0.4, 0.5) is 4.79 Å². The second kappa shape index (κ2) is 7.52. The zero-order valence-electron chi connectivity index (χ0n) is 11.1. The van der Waals surface area contributed by atoms with Crippen molar-refractivity contribution in [3.63, 3.8) is 0 Å². The van der Waals surface area contributed by atoms with Crippen LogP contribution in [-0.2, 0) is 14.3 Å². The Labute approximate surface area is 106 Å². The Balaban J connectivity index is 4.55. The molecule has 2 amide bonds. The molecule has 0 aromatic heterocycles. The van der Waals surface area contributed by atoms with Crippen LogP contribution in [0.5, 0.6) is 0 Å². The molecule has 0 fully saturated rings.